The molecule has 0 spiro atoms. The molecule has 3 rings (SSSR count). The Bertz CT molecular complexity index is 889. The van der Waals surface area contributed by atoms with E-state index < -0.39 is 0 Å². The molecule has 1 aliphatic carbocycles. The van der Waals surface area contributed by atoms with Crippen LogP contribution in [0.5, 0.6) is 5.75 Å². The fraction of sp³-hybridized carbons (Fsp3) is 0.500. The summed E-state index contributed by atoms with van der Waals surface area (Å²) in [6.07, 6.45) is 11.7. The quantitative estimate of drug-likeness (QED) is 0.566. The number of anilines is 1. The van der Waals surface area contributed by atoms with Gasteiger partial charge in [0, 0.05) is 21.3 Å². The number of nitrogen functional groups attached to an aromatic ring is 1. The lowest BCUT2D eigenvalue weighted by atomic mass is 9.88. The Kier molecular flexibility index (Phi) is 7.94. The smallest absolute Gasteiger partial charge is 0.142 e. The Morgan fingerprint density at radius 3 is 2.38 bits per heavy atom. The molecule has 0 radical (unpaired) electrons. The normalized spacial score (nSPS) is 15.5. The molecular formula is C24H30BrN3O. The molecule has 0 aliphatic heterocycles. The number of ether oxygens (including phenoxy) is 1. The van der Waals surface area contributed by atoms with E-state index in [9.17, 15) is 5.26 Å². The first-order valence-corrected chi connectivity index (χ1v) is 11.6. The van der Waals surface area contributed by atoms with Gasteiger partial charge in [-0.05, 0) is 56.4 Å². The van der Waals surface area contributed by atoms with E-state index >= 15 is 0 Å². The number of hydrogen-bond acceptors (Lipinski definition) is 4. The Labute approximate surface area is 182 Å². The fourth-order valence-electron chi connectivity index (χ4n) is 4.21. The number of aromatic nitrogens is 1. The monoisotopic (exact) mass is 455 g/mol. The van der Waals surface area contributed by atoms with Gasteiger partial charge in [-0.15, -0.1) is 0 Å². The number of nitrogens with zero attached hydrogens (tertiary/aromatic N) is 2. The maximum absolute atomic E-state index is 9.94. The van der Waals surface area contributed by atoms with Crippen molar-refractivity contribution >= 4 is 21.7 Å². The van der Waals surface area contributed by atoms with Gasteiger partial charge in [-0.1, -0.05) is 54.5 Å². The number of benzene rings is 1. The van der Waals surface area contributed by atoms with Crippen molar-refractivity contribution in [3.63, 3.8) is 0 Å². The number of nitriles is 1. The van der Waals surface area contributed by atoms with Crippen molar-refractivity contribution in [2.45, 2.75) is 71.1 Å². The molecule has 4 nitrogen and oxygen atoms in total. The van der Waals surface area contributed by atoms with Crippen molar-refractivity contribution in [1.29, 1.82) is 5.26 Å². The molecule has 29 heavy (non-hydrogen) atoms. The number of halogens is 1. The minimum atomic E-state index is 0.329. The second-order valence-corrected chi connectivity index (χ2v) is 8.60. The summed E-state index contributed by atoms with van der Waals surface area (Å²) >= 11 is 3.59. The van der Waals surface area contributed by atoms with E-state index in [2.05, 4.69) is 22.0 Å². The molecule has 1 aromatic heterocycles. The van der Waals surface area contributed by atoms with Crippen LogP contribution >= 0.6 is 15.9 Å². The molecule has 0 saturated carbocycles. The zero-order chi connectivity index (χ0) is 20.6. The molecule has 0 amide bonds. The van der Waals surface area contributed by atoms with Crippen LogP contribution in [0.2, 0.25) is 0 Å². The lowest BCUT2D eigenvalue weighted by Gasteiger charge is -2.20. The average Bonchev–Trinajstić information content (AvgIpc) is 2.70. The van der Waals surface area contributed by atoms with Crippen LogP contribution in [0.3, 0.4) is 0 Å². The summed E-state index contributed by atoms with van der Waals surface area (Å²) in [4.78, 5) is 4.70. The van der Waals surface area contributed by atoms with Gasteiger partial charge in [0.1, 0.15) is 23.2 Å². The molecule has 5 heteroatoms. The summed E-state index contributed by atoms with van der Waals surface area (Å²) in [7, 11) is 0. The fourth-order valence-corrected chi connectivity index (χ4v) is 4.57. The van der Waals surface area contributed by atoms with Crippen molar-refractivity contribution < 1.29 is 4.74 Å². The highest BCUT2D eigenvalue weighted by Crippen LogP contribution is 2.40. The van der Waals surface area contributed by atoms with Crippen molar-refractivity contribution in [3.8, 4) is 22.9 Å². The minimum Gasteiger partial charge on any atom is -0.493 e. The number of nitrogens with two attached hydrogens (primary N) is 1. The van der Waals surface area contributed by atoms with E-state index in [1.54, 1.807) is 0 Å². The van der Waals surface area contributed by atoms with E-state index in [4.69, 9.17) is 15.5 Å². The van der Waals surface area contributed by atoms with Crippen LogP contribution in [-0.4, -0.2) is 11.6 Å². The molecule has 2 aromatic rings. The van der Waals surface area contributed by atoms with E-state index in [-0.39, 0.29) is 0 Å². The Balaban J connectivity index is 2.19. The first-order chi connectivity index (χ1) is 14.2. The van der Waals surface area contributed by atoms with Gasteiger partial charge in [0.05, 0.1) is 6.61 Å². The van der Waals surface area contributed by atoms with Crippen LogP contribution in [-0.2, 0) is 12.8 Å². The van der Waals surface area contributed by atoms with Gasteiger partial charge in [0.2, 0.25) is 0 Å². The Hall–Kier alpha value is -2.06. The molecule has 2 N–H and O–H groups in total. The van der Waals surface area contributed by atoms with Crippen molar-refractivity contribution in [2.75, 3.05) is 12.3 Å². The zero-order valence-corrected chi connectivity index (χ0v) is 18.9. The third kappa shape index (κ3) is 5.30. The number of hydrogen-bond donors (Lipinski definition) is 1. The summed E-state index contributed by atoms with van der Waals surface area (Å²) in [5.41, 5.74) is 10.8. The minimum absolute atomic E-state index is 0.329. The van der Waals surface area contributed by atoms with E-state index in [0.29, 0.717) is 18.0 Å². The predicted molar refractivity (Wildman–Crippen MR) is 122 cm³/mol. The van der Waals surface area contributed by atoms with Crippen molar-refractivity contribution in [3.05, 3.63) is 39.5 Å². The third-order valence-corrected chi connectivity index (χ3v) is 6.12. The number of fused-ring (bicyclic) bond motifs is 1. The summed E-state index contributed by atoms with van der Waals surface area (Å²) in [6.45, 7) is 2.54. The standard InChI is InChI=1S/C24H30BrN3O/c1-2-29-22-14-13-17(25)15-19(22)23-18-11-9-7-5-3-4-6-8-10-12-21(18)28-24(27)20(23)16-26/h13-15H,2-12H2,1H3,(H2,27,28). The SMILES string of the molecule is CCOc1ccc(Br)cc1-c1c(C#N)c(N)nc2c1CCCCCCCCCC2. The molecule has 1 aromatic carbocycles. The van der Waals surface area contributed by atoms with Gasteiger partial charge >= 0.3 is 0 Å². The van der Waals surface area contributed by atoms with Crippen LogP contribution in [0.4, 0.5) is 5.82 Å². The Morgan fingerprint density at radius 1 is 1.07 bits per heavy atom. The molecule has 1 heterocycles. The summed E-state index contributed by atoms with van der Waals surface area (Å²) in [5, 5.41) is 9.94. The zero-order valence-electron chi connectivity index (χ0n) is 17.3. The first kappa shape index (κ1) is 21.6. The summed E-state index contributed by atoms with van der Waals surface area (Å²) in [6, 6.07) is 8.30. The van der Waals surface area contributed by atoms with Gasteiger partial charge in [-0.2, -0.15) is 5.26 Å². The molecule has 1 aliphatic rings. The largest absolute Gasteiger partial charge is 0.493 e. The summed E-state index contributed by atoms with van der Waals surface area (Å²) in [5.74, 6) is 1.11. The van der Waals surface area contributed by atoms with E-state index in [1.807, 2.05) is 25.1 Å². The molecule has 0 saturated heterocycles. The second kappa shape index (κ2) is 10.6. The molecular weight excluding hydrogens is 426 g/mol. The van der Waals surface area contributed by atoms with Crippen LogP contribution in [0.15, 0.2) is 22.7 Å². The van der Waals surface area contributed by atoms with Crippen LogP contribution < -0.4 is 10.5 Å². The highest BCUT2D eigenvalue weighted by atomic mass is 79.9. The van der Waals surface area contributed by atoms with E-state index in [1.165, 1.54) is 44.1 Å². The number of aryl methyl sites for hydroxylation is 1. The molecule has 154 valence electrons. The highest BCUT2D eigenvalue weighted by molar-refractivity contribution is 9.10. The average molecular weight is 456 g/mol. The molecule has 0 unspecified atom stereocenters. The number of pyridine rings is 1. The Morgan fingerprint density at radius 2 is 1.72 bits per heavy atom. The van der Waals surface area contributed by atoms with E-state index in [0.717, 1.165) is 52.7 Å². The highest BCUT2D eigenvalue weighted by Gasteiger charge is 2.22. The predicted octanol–water partition coefficient (Wildman–Crippen LogP) is 6.58. The lowest BCUT2D eigenvalue weighted by Crippen LogP contribution is -2.09. The maximum Gasteiger partial charge on any atom is 0.142 e. The van der Waals surface area contributed by atoms with Gasteiger partial charge in [-0.25, -0.2) is 4.98 Å². The first-order valence-electron chi connectivity index (χ1n) is 10.8. The van der Waals surface area contributed by atoms with Gasteiger partial charge in [-0.3, -0.25) is 0 Å². The van der Waals surface area contributed by atoms with Crippen LogP contribution in [0, 0.1) is 11.3 Å². The van der Waals surface area contributed by atoms with Gasteiger partial charge in [0.25, 0.3) is 0 Å². The van der Waals surface area contributed by atoms with Crippen LogP contribution in [0.25, 0.3) is 11.1 Å². The van der Waals surface area contributed by atoms with Gasteiger partial charge in [0.15, 0.2) is 0 Å². The maximum atomic E-state index is 9.94. The van der Waals surface area contributed by atoms with Crippen molar-refractivity contribution in [2.24, 2.45) is 0 Å². The van der Waals surface area contributed by atoms with Crippen LogP contribution in [0.1, 0.15) is 75.1 Å². The molecule has 0 fully saturated rings. The van der Waals surface area contributed by atoms with Crippen molar-refractivity contribution in [1.82, 2.24) is 4.98 Å². The number of rotatable bonds is 3. The summed E-state index contributed by atoms with van der Waals surface area (Å²) < 4.78 is 6.88. The molecule has 0 bridgehead atoms. The lowest BCUT2D eigenvalue weighted by molar-refractivity contribution is 0.341. The second-order valence-electron chi connectivity index (χ2n) is 7.69. The third-order valence-electron chi connectivity index (χ3n) is 5.62. The molecule has 0 atom stereocenters. The van der Waals surface area contributed by atoms with Gasteiger partial charge < -0.3 is 10.5 Å². The topological polar surface area (TPSA) is 71.9 Å².